The Bertz CT molecular complexity index is 4160. The molecule has 0 aliphatic heterocycles. The van der Waals surface area contributed by atoms with Crippen LogP contribution in [0.3, 0.4) is 0 Å². The quantitative estimate of drug-likeness (QED) is 0.173. The van der Waals surface area contributed by atoms with Gasteiger partial charge in [-0.25, -0.2) is 0 Å². The number of hydrogen-bond acceptors (Lipinski definition) is 0. The molecule has 9 aromatic carbocycles. The highest BCUT2D eigenvalue weighted by Gasteiger charge is 2.20. The Labute approximate surface area is 311 Å². The first kappa shape index (κ1) is 10.0. The van der Waals surface area contributed by atoms with E-state index >= 15 is 0 Å². The number of rotatable bonds is 4. The van der Waals surface area contributed by atoms with Crippen molar-refractivity contribution in [2.75, 3.05) is 0 Å². The molecule has 46 heavy (non-hydrogen) atoms. The fourth-order valence-corrected chi connectivity index (χ4v) is 5.41. The van der Waals surface area contributed by atoms with E-state index in [1.165, 1.54) is 0 Å². The van der Waals surface area contributed by atoms with Gasteiger partial charge in [-0.1, -0.05) is 175 Å². The van der Waals surface area contributed by atoms with Gasteiger partial charge < -0.3 is 0 Å². The second kappa shape index (κ2) is 10.9. The Morgan fingerprint density at radius 2 is 0.717 bits per heavy atom. The molecule has 0 fully saturated rings. The molecular weight excluding hydrogens is 553 g/mol. The summed E-state index contributed by atoms with van der Waals surface area (Å²) in [4.78, 5) is 0. The first-order valence-corrected chi connectivity index (χ1v) is 13.5. The number of fused-ring (bicyclic) bond motifs is 4. The Hall–Kier alpha value is -5.98. The fourth-order valence-electron chi connectivity index (χ4n) is 5.41. The topological polar surface area (TPSA) is 0 Å². The molecule has 0 radical (unpaired) electrons. The standard InChI is InChI=1S/C46H30/c1-2-15-32(16-3-1)35-18-6-7-19-39(35)45-41-20-8-10-22-43(41)46(44-23-11-9-21-42(44)45)40-27-13-25-37-36(24-12-26-38(37)40)34-29-28-31-14-4-5-17-33(31)30-34/h1-30H/i1D,2D,3D,4D,5D,6D,7D,8D,9D,10D,11D,12D,13D,14D,15D,16D,17D,18D,19D,20D,21D,22D,23D,24D,25D,26D,27D,28D,29D,30D. The third-order valence-electron chi connectivity index (χ3n) is 7.31. The highest BCUT2D eigenvalue weighted by Crippen LogP contribution is 2.47. The third kappa shape index (κ3) is 4.23. The minimum atomic E-state index is -1.13. The zero-order valence-electron chi connectivity index (χ0n) is 53.0. The smallest absolute Gasteiger partial charge is 0.0622 e. The molecule has 0 heterocycles. The van der Waals surface area contributed by atoms with Crippen molar-refractivity contribution >= 4 is 43.1 Å². The van der Waals surface area contributed by atoms with E-state index in [9.17, 15) is 16.4 Å². The zero-order chi connectivity index (χ0) is 56.6. The van der Waals surface area contributed by atoms with Crippen molar-refractivity contribution in [2.45, 2.75) is 0 Å². The van der Waals surface area contributed by atoms with Crippen LogP contribution >= 0.6 is 0 Å². The molecule has 0 aromatic heterocycles. The molecule has 0 spiro atoms. The minimum absolute atomic E-state index is 0.593. The Morgan fingerprint density at radius 1 is 0.261 bits per heavy atom. The molecule has 0 aliphatic rings. The summed E-state index contributed by atoms with van der Waals surface area (Å²) < 4.78 is 270. The van der Waals surface area contributed by atoms with Crippen molar-refractivity contribution in [3.8, 4) is 44.5 Å². The maximum absolute atomic E-state index is 9.58. The van der Waals surface area contributed by atoms with Crippen LogP contribution < -0.4 is 0 Å². The molecular formula is C46H30. The van der Waals surface area contributed by atoms with Crippen LogP contribution in [0, 0.1) is 0 Å². The van der Waals surface area contributed by atoms with Crippen LogP contribution in [0.15, 0.2) is 181 Å². The van der Waals surface area contributed by atoms with Crippen LogP contribution in [-0.2, 0) is 0 Å². The van der Waals surface area contributed by atoms with E-state index in [1.807, 2.05) is 0 Å². The summed E-state index contributed by atoms with van der Waals surface area (Å²) in [5, 5.41) is -6.31. The molecule has 0 amide bonds. The van der Waals surface area contributed by atoms with Gasteiger partial charge in [-0.05, 0) is 93.6 Å². The molecule has 9 aromatic rings. The Morgan fingerprint density at radius 3 is 1.39 bits per heavy atom. The molecule has 0 heteroatoms. The van der Waals surface area contributed by atoms with Gasteiger partial charge in [0.25, 0.3) is 0 Å². The molecule has 0 saturated heterocycles. The van der Waals surface area contributed by atoms with Gasteiger partial charge >= 0.3 is 0 Å². The monoisotopic (exact) mass is 612 g/mol. The highest BCUT2D eigenvalue weighted by atomic mass is 14.2. The van der Waals surface area contributed by atoms with E-state index < -0.39 is 269 Å². The summed E-state index contributed by atoms with van der Waals surface area (Å²) in [6, 6.07) is -30.6. The maximum atomic E-state index is 9.58. The normalized spacial score (nSPS) is 20.6. The zero-order valence-corrected chi connectivity index (χ0v) is 23.0. The van der Waals surface area contributed by atoms with E-state index in [2.05, 4.69) is 0 Å². The van der Waals surface area contributed by atoms with E-state index in [-0.39, 0.29) is 0 Å². The SMILES string of the molecule is [2H]c1c([2H])c([2H])c(-c2c([2H])c([2H])c([2H])c([2H])c2-c2c3c([2H])c([2H])c([2H])c([2H])c3c(-c3c([2H])c([2H])c([2H])c4c(-c5c([2H])c([2H])c6c([2H])c([2H])c([2H])c([2H])c6c5[2H])c([2H])c([2H])c([2H])c34)c3c([2H])c([2H])c([2H])c([2H])c23)c([2H])c1[2H]. The van der Waals surface area contributed by atoms with Gasteiger partial charge in [-0.2, -0.15) is 0 Å². The Balaban J connectivity index is 1.66. The van der Waals surface area contributed by atoms with Crippen molar-refractivity contribution in [1.29, 1.82) is 0 Å². The van der Waals surface area contributed by atoms with Gasteiger partial charge in [0.05, 0.1) is 41.1 Å². The van der Waals surface area contributed by atoms with Crippen molar-refractivity contribution in [3.63, 3.8) is 0 Å². The molecule has 0 atom stereocenters. The lowest BCUT2D eigenvalue weighted by Crippen LogP contribution is -1.93. The number of benzene rings is 9. The molecule has 0 unspecified atom stereocenters. The molecule has 0 nitrogen and oxygen atoms in total. The fraction of sp³-hybridized carbons (Fsp3) is 0. The van der Waals surface area contributed by atoms with Crippen LogP contribution in [0.5, 0.6) is 0 Å². The average Bonchev–Trinajstić information content (AvgIpc) is 3.39. The Kier molecular flexibility index (Phi) is 2.37. The second-order valence-corrected chi connectivity index (χ2v) is 9.75. The molecule has 214 valence electrons. The molecule has 0 N–H and O–H groups in total. The summed E-state index contributed by atoms with van der Waals surface area (Å²) in [6.07, 6.45) is 0. The van der Waals surface area contributed by atoms with Gasteiger partial charge in [0.15, 0.2) is 0 Å². The first-order chi connectivity index (χ1) is 35.3. The van der Waals surface area contributed by atoms with Crippen LogP contribution in [0.2, 0.25) is 0 Å². The third-order valence-corrected chi connectivity index (χ3v) is 7.31. The molecule has 0 saturated carbocycles. The first-order valence-electron chi connectivity index (χ1n) is 28.5. The minimum Gasteiger partial charge on any atom is -0.0622 e. The summed E-state index contributed by atoms with van der Waals surface area (Å²) in [6.45, 7) is 0. The molecule has 0 aliphatic carbocycles. The van der Waals surface area contributed by atoms with E-state index in [1.54, 1.807) is 0 Å². The lowest BCUT2D eigenvalue weighted by molar-refractivity contribution is 1.61. The van der Waals surface area contributed by atoms with E-state index in [4.69, 9.17) is 24.7 Å². The van der Waals surface area contributed by atoms with Crippen LogP contribution in [0.25, 0.3) is 87.6 Å². The molecule has 9 rings (SSSR count). The van der Waals surface area contributed by atoms with E-state index in [0.29, 0.717) is 0 Å². The highest BCUT2D eigenvalue weighted by molar-refractivity contribution is 6.24. The van der Waals surface area contributed by atoms with Crippen molar-refractivity contribution in [2.24, 2.45) is 0 Å². The largest absolute Gasteiger partial charge is 0.0636 e. The second-order valence-electron chi connectivity index (χ2n) is 9.75. The van der Waals surface area contributed by atoms with Crippen LogP contribution in [0.4, 0.5) is 0 Å². The van der Waals surface area contributed by atoms with Crippen molar-refractivity contribution in [3.05, 3.63) is 181 Å². The van der Waals surface area contributed by atoms with Gasteiger partial charge in [0.2, 0.25) is 0 Å². The van der Waals surface area contributed by atoms with Crippen LogP contribution in [0.1, 0.15) is 41.1 Å². The predicted molar refractivity (Wildman–Crippen MR) is 198 cm³/mol. The van der Waals surface area contributed by atoms with E-state index in [0.717, 1.165) is 0 Å². The number of hydrogen-bond donors (Lipinski definition) is 0. The molecule has 0 bridgehead atoms. The maximum Gasteiger partial charge on any atom is 0.0636 e. The lowest BCUT2D eigenvalue weighted by Gasteiger charge is -2.20. The van der Waals surface area contributed by atoms with Crippen molar-refractivity contribution in [1.82, 2.24) is 0 Å². The van der Waals surface area contributed by atoms with Crippen LogP contribution in [-0.4, -0.2) is 0 Å². The van der Waals surface area contributed by atoms with Gasteiger partial charge in [-0.15, -0.1) is 0 Å². The summed E-state index contributed by atoms with van der Waals surface area (Å²) in [7, 11) is 0. The van der Waals surface area contributed by atoms with Gasteiger partial charge in [0, 0.05) is 0 Å². The van der Waals surface area contributed by atoms with Gasteiger partial charge in [-0.3, -0.25) is 0 Å². The predicted octanol–water partition coefficient (Wildman–Crippen LogP) is 13.0. The summed E-state index contributed by atoms with van der Waals surface area (Å²) in [5.41, 5.74) is -6.88. The average molecular weight is 613 g/mol. The summed E-state index contributed by atoms with van der Waals surface area (Å²) in [5.74, 6) is 0. The van der Waals surface area contributed by atoms with Gasteiger partial charge in [0.1, 0.15) is 0 Å². The lowest BCUT2D eigenvalue weighted by atomic mass is 9.82. The summed E-state index contributed by atoms with van der Waals surface area (Å²) >= 11 is 0. The van der Waals surface area contributed by atoms with Crippen molar-refractivity contribution < 1.29 is 41.1 Å².